The molecule has 8 nitrogen and oxygen atoms in total. The molecule has 4 aromatic rings. The Hall–Kier alpha value is -4.50. The lowest BCUT2D eigenvalue weighted by Crippen LogP contribution is -2.33. The van der Waals surface area contributed by atoms with Gasteiger partial charge >= 0.3 is 0 Å². The monoisotopic (exact) mass is 571 g/mol. The second-order valence-corrected chi connectivity index (χ2v) is 9.92. The van der Waals surface area contributed by atoms with Crippen LogP contribution >= 0.6 is 0 Å². The Morgan fingerprint density at radius 1 is 1.02 bits per heavy atom. The molecule has 220 valence electrons. The number of aromatic nitrogens is 1. The number of carbonyl (C=O) groups excluding carboxylic acids is 2. The SMILES string of the molecule is CC.CC(=O)NCCNC(=O)c1ccc(-c2c(C3CCOCC3)n(-c3ccc(F)cc3)c3cc(C=N)c(N)cc23)cc1. The van der Waals surface area contributed by atoms with E-state index in [0.717, 1.165) is 46.3 Å². The number of benzene rings is 3. The molecule has 0 saturated carbocycles. The molecule has 2 amide bonds. The van der Waals surface area contributed by atoms with Gasteiger partial charge in [-0.05, 0) is 66.9 Å². The van der Waals surface area contributed by atoms with E-state index in [1.807, 2.05) is 38.1 Å². The van der Waals surface area contributed by atoms with Gasteiger partial charge < -0.3 is 31.1 Å². The number of rotatable bonds is 8. The van der Waals surface area contributed by atoms with Gasteiger partial charge in [-0.2, -0.15) is 0 Å². The molecule has 42 heavy (non-hydrogen) atoms. The van der Waals surface area contributed by atoms with E-state index in [1.54, 1.807) is 24.3 Å². The molecule has 1 aliphatic heterocycles. The minimum Gasteiger partial charge on any atom is -0.398 e. The van der Waals surface area contributed by atoms with Crippen LogP contribution in [0.3, 0.4) is 0 Å². The van der Waals surface area contributed by atoms with Gasteiger partial charge in [-0.25, -0.2) is 4.39 Å². The zero-order chi connectivity index (χ0) is 30.2. The third kappa shape index (κ3) is 6.52. The number of carbonyl (C=O) groups is 2. The van der Waals surface area contributed by atoms with Crippen molar-refractivity contribution < 1.29 is 18.7 Å². The molecular weight excluding hydrogens is 533 g/mol. The highest BCUT2D eigenvalue weighted by Gasteiger charge is 2.28. The van der Waals surface area contributed by atoms with Crippen LogP contribution in [0.1, 0.15) is 61.1 Å². The Morgan fingerprint density at radius 2 is 1.67 bits per heavy atom. The number of fused-ring (bicyclic) bond motifs is 1. The number of nitrogens with two attached hydrogens (primary N) is 1. The summed E-state index contributed by atoms with van der Waals surface area (Å²) in [5, 5.41) is 14.3. The Kier molecular flexibility index (Phi) is 10.1. The van der Waals surface area contributed by atoms with Crippen molar-refractivity contribution in [3.63, 3.8) is 0 Å². The zero-order valence-electron chi connectivity index (χ0n) is 24.3. The van der Waals surface area contributed by atoms with Gasteiger partial charge in [-0.15, -0.1) is 0 Å². The molecule has 0 radical (unpaired) electrons. The molecule has 5 rings (SSSR count). The van der Waals surface area contributed by atoms with Crippen molar-refractivity contribution >= 4 is 34.6 Å². The number of ether oxygens (including phenoxy) is 1. The molecule has 1 saturated heterocycles. The number of hydrogen-bond acceptors (Lipinski definition) is 5. The van der Waals surface area contributed by atoms with Crippen LogP contribution < -0.4 is 16.4 Å². The number of halogens is 1. The summed E-state index contributed by atoms with van der Waals surface area (Å²) in [6, 6.07) is 17.6. The molecule has 1 fully saturated rings. The first-order valence-corrected chi connectivity index (χ1v) is 14.3. The van der Waals surface area contributed by atoms with Gasteiger partial charge in [0.15, 0.2) is 0 Å². The van der Waals surface area contributed by atoms with E-state index in [4.69, 9.17) is 15.9 Å². The van der Waals surface area contributed by atoms with Gasteiger partial charge in [0, 0.05) is 84.5 Å². The summed E-state index contributed by atoms with van der Waals surface area (Å²) in [4.78, 5) is 23.7. The summed E-state index contributed by atoms with van der Waals surface area (Å²) in [6.45, 7) is 7.40. The van der Waals surface area contributed by atoms with Crippen LogP contribution in [0.25, 0.3) is 27.7 Å². The highest BCUT2D eigenvalue weighted by molar-refractivity contribution is 6.05. The molecule has 0 aliphatic carbocycles. The Morgan fingerprint density at radius 3 is 2.29 bits per heavy atom. The molecule has 9 heteroatoms. The summed E-state index contributed by atoms with van der Waals surface area (Å²) in [5.41, 5.74) is 12.6. The van der Waals surface area contributed by atoms with E-state index in [2.05, 4.69) is 15.2 Å². The normalized spacial score (nSPS) is 13.2. The Bertz CT molecular complexity index is 1560. The average molecular weight is 572 g/mol. The maximum atomic E-state index is 13.9. The summed E-state index contributed by atoms with van der Waals surface area (Å²) < 4.78 is 21.8. The minimum atomic E-state index is -0.316. The van der Waals surface area contributed by atoms with E-state index < -0.39 is 0 Å². The summed E-state index contributed by atoms with van der Waals surface area (Å²) >= 11 is 0. The lowest BCUT2D eigenvalue weighted by atomic mass is 9.89. The third-order valence-electron chi connectivity index (χ3n) is 7.28. The Balaban J connectivity index is 0.00000198. The highest BCUT2D eigenvalue weighted by atomic mass is 19.1. The van der Waals surface area contributed by atoms with Gasteiger partial charge in [0.05, 0.1) is 5.52 Å². The number of nitrogens with zero attached hydrogens (tertiary/aromatic N) is 1. The first-order chi connectivity index (χ1) is 20.4. The first kappa shape index (κ1) is 30.5. The van der Waals surface area contributed by atoms with E-state index >= 15 is 0 Å². The zero-order valence-corrected chi connectivity index (χ0v) is 24.3. The van der Waals surface area contributed by atoms with Crippen molar-refractivity contribution in [2.75, 3.05) is 32.0 Å². The topological polar surface area (TPSA) is 122 Å². The van der Waals surface area contributed by atoms with Crippen LogP contribution in [0.2, 0.25) is 0 Å². The lowest BCUT2D eigenvalue weighted by Gasteiger charge is -2.26. The number of nitrogen functional groups attached to an aromatic ring is 1. The fourth-order valence-corrected chi connectivity index (χ4v) is 5.35. The van der Waals surface area contributed by atoms with E-state index in [-0.39, 0.29) is 23.5 Å². The van der Waals surface area contributed by atoms with Crippen molar-refractivity contribution in [2.24, 2.45) is 0 Å². The average Bonchev–Trinajstić information content (AvgIpc) is 3.34. The van der Waals surface area contributed by atoms with Crippen LogP contribution in [-0.2, 0) is 9.53 Å². The molecule has 0 atom stereocenters. The van der Waals surface area contributed by atoms with Crippen LogP contribution in [0, 0.1) is 11.2 Å². The molecular formula is C33H38FN5O3. The van der Waals surface area contributed by atoms with Gasteiger partial charge in [-0.3, -0.25) is 9.59 Å². The standard InChI is InChI=1S/C31H32FN5O3.C2H6/c1-19(38)35-12-13-36-31(39)22-4-2-20(3-5-22)29-26-17-27(34)23(18-33)16-28(26)37(25-8-6-24(32)7-9-25)30(29)21-10-14-40-15-11-21;1-2/h2-9,16-18,21,33H,10-15,34H2,1H3,(H,35,38)(H,36,39);1-2H3. The molecule has 1 aromatic heterocycles. The molecule has 0 unspecified atom stereocenters. The molecule has 0 spiro atoms. The maximum Gasteiger partial charge on any atom is 0.251 e. The van der Waals surface area contributed by atoms with Crippen LogP contribution in [0.4, 0.5) is 10.1 Å². The van der Waals surface area contributed by atoms with Gasteiger partial charge in [0.25, 0.3) is 5.91 Å². The lowest BCUT2D eigenvalue weighted by molar-refractivity contribution is -0.118. The molecule has 3 aromatic carbocycles. The maximum absolute atomic E-state index is 13.9. The number of amides is 2. The Labute approximate surface area is 245 Å². The van der Waals surface area contributed by atoms with Gasteiger partial charge in [0.2, 0.25) is 5.91 Å². The van der Waals surface area contributed by atoms with Gasteiger partial charge in [0.1, 0.15) is 5.82 Å². The fourth-order valence-electron chi connectivity index (χ4n) is 5.35. The molecule has 2 heterocycles. The quantitative estimate of drug-likeness (QED) is 0.121. The number of hydrogen-bond donors (Lipinski definition) is 4. The smallest absolute Gasteiger partial charge is 0.251 e. The predicted octanol–water partition coefficient (Wildman–Crippen LogP) is 5.80. The van der Waals surface area contributed by atoms with Gasteiger partial charge in [-0.1, -0.05) is 26.0 Å². The van der Waals surface area contributed by atoms with Crippen molar-refractivity contribution in [1.82, 2.24) is 15.2 Å². The minimum absolute atomic E-state index is 0.146. The molecule has 1 aliphatic rings. The fraction of sp³-hybridized carbons (Fsp3) is 0.303. The molecule has 0 bridgehead atoms. The highest BCUT2D eigenvalue weighted by Crippen LogP contribution is 2.44. The predicted molar refractivity (Wildman–Crippen MR) is 166 cm³/mol. The van der Waals surface area contributed by atoms with Crippen LogP contribution in [-0.4, -0.2) is 48.9 Å². The first-order valence-electron chi connectivity index (χ1n) is 14.3. The summed E-state index contributed by atoms with van der Waals surface area (Å²) in [6.07, 6.45) is 2.89. The molecule has 5 N–H and O–H groups in total. The van der Waals surface area contributed by atoms with Crippen molar-refractivity contribution in [3.05, 3.63) is 83.3 Å². The van der Waals surface area contributed by atoms with E-state index in [9.17, 15) is 14.0 Å². The van der Waals surface area contributed by atoms with Crippen molar-refractivity contribution in [1.29, 1.82) is 5.41 Å². The van der Waals surface area contributed by atoms with Crippen LogP contribution in [0.5, 0.6) is 0 Å². The van der Waals surface area contributed by atoms with Crippen LogP contribution in [0.15, 0.2) is 60.7 Å². The number of anilines is 1. The number of nitrogens with one attached hydrogen (secondary N) is 3. The van der Waals surface area contributed by atoms with E-state index in [0.29, 0.717) is 43.1 Å². The largest absolute Gasteiger partial charge is 0.398 e. The van der Waals surface area contributed by atoms with E-state index in [1.165, 1.54) is 25.3 Å². The second-order valence-electron chi connectivity index (χ2n) is 9.92. The summed E-state index contributed by atoms with van der Waals surface area (Å²) in [7, 11) is 0. The summed E-state index contributed by atoms with van der Waals surface area (Å²) in [5.74, 6) is -0.520. The second kappa shape index (κ2) is 13.9. The van der Waals surface area contributed by atoms with Crippen molar-refractivity contribution in [2.45, 2.75) is 39.5 Å². The van der Waals surface area contributed by atoms with Crippen molar-refractivity contribution in [3.8, 4) is 16.8 Å². The third-order valence-corrected chi connectivity index (χ3v) is 7.28.